The molecule has 0 saturated heterocycles. The fraction of sp³-hybridized carbons (Fsp3) is 0.533. The van der Waals surface area contributed by atoms with Crippen molar-refractivity contribution >= 4 is 5.82 Å². The van der Waals surface area contributed by atoms with E-state index in [-0.39, 0.29) is 6.61 Å². The zero-order valence-electron chi connectivity index (χ0n) is 11.9. The summed E-state index contributed by atoms with van der Waals surface area (Å²) in [5.41, 5.74) is 1.93. The molecular weight excluding hydrogens is 240 g/mol. The maximum absolute atomic E-state index is 9.35. The van der Waals surface area contributed by atoms with E-state index >= 15 is 0 Å². The highest BCUT2D eigenvalue weighted by molar-refractivity contribution is 5.43. The van der Waals surface area contributed by atoms with Gasteiger partial charge in [-0.05, 0) is 24.1 Å². The van der Waals surface area contributed by atoms with Crippen LogP contribution in [-0.2, 0) is 17.8 Å². The smallest absolute Gasteiger partial charge is 0.129 e. The Morgan fingerprint density at radius 1 is 1.47 bits per heavy atom. The van der Waals surface area contributed by atoms with Gasteiger partial charge < -0.3 is 14.7 Å². The Bertz CT molecular complexity index is 394. The van der Waals surface area contributed by atoms with Crippen LogP contribution in [0.25, 0.3) is 0 Å². The molecular formula is C15H24N2O2. The second kappa shape index (κ2) is 8.67. The standard InChI is InChI=1S/C15H24N2O2/c1-4-6-14-10-13(12-18)11-15(16-14)17(7-5-2)8-9-19-3/h5,10-11,18H,2,4,6-9,12H2,1,3H3. The van der Waals surface area contributed by atoms with Crippen molar-refractivity contribution in [1.82, 2.24) is 4.98 Å². The summed E-state index contributed by atoms with van der Waals surface area (Å²) in [5.74, 6) is 0.881. The lowest BCUT2D eigenvalue weighted by molar-refractivity contribution is 0.205. The minimum Gasteiger partial charge on any atom is -0.392 e. The number of rotatable bonds is 9. The summed E-state index contributed by atoms with van der Waals surface area (Å²) in [6, 6.07) is 3.90. The number of aliphatic hydroxyl groups is 1. The molecule has 0 fully saturated rings. The molecule has 0 radical (unpaired) electrons. The molecule has 0 amide bonds. The Morgan fingerprint density at radius 2 is 2.26 bits per heavy atom. The second-order valence-electron chi connectivity index (χ2n) is 4.46. The average molecular weight is 264 g/mol. The number of anilines is 1. The minimum atomic E-state index is 0.0401. The number of pyridine rings is 1. The van der Waals surface area contributed by atoms with Crippen molar-refractivity contribution in [2.24, 2.45) is 0 Å². The highest BCUT2D eigenvalue weighted by atomic mass is 16.5. The Kier molecular flexibility index (Phi) is 7.15. The first-order chi connectivity index (χ1) is 9.24. The zero-order valence-corrected chi connectivity index (χ0v) is 11.9. The maximum atomic E-state index is 9.35. The van der Waals surface area contributed by atoms with Crippen molar-refractivity contribution in [1.29, 1.82) is 0 Å². The van der Waals surface area contributed by atoms with Crippen LogP contribution in [0, 0.1) is 0 Å². The van der Waals surface area contributed by atoms with Gasteiger partial charge in [-0.25, -0.2) is 4.98 Å². The monoisotopic (exact) mass is 264 g/mol. The predicted octanol–water partition coefficient (Wildman–Crippen LogP) is 2.17. The highest BCUT2D eigenvalue weighted by Gasteiger charge is 2.09. The van der Waals surface area contributed by atoms with Gasteiger partial charge in [0.1, 0.15) is 5.82 Å². The molecule has 0 bridgehead atoms. The molecule has 1 rings (SSSR count). The van der Waals surface area contributed by atoms with E-state index in [2.05, 4.69) is 23.4 Å². The molecule has 0 atom stereocenters. The van der Waals surface area contributed by atoms with Crippen LogP contribution < -0.4 is 4.90 Å². The highest BCUT2D eigenvalue weighted by Crippen LogP contribution is 2.16. The van der Waals surface area contributed by atoms with Gasteiger partial charge in [-0.15, -0.1) is 6.58 Å². The Balaban J connectivity index is 2.98. The first kappa shape index (κ1) is 15.7. The van der Waals surface area contributed by atoms with E-state index < -0.39 is 0 Å². The SMILES string of the molecule is C=CCN(CCOC)c1cc(CO)cc(CCC)n1. The maximum Gasteiger partial charge on any atom is 0.129 e. The van der Waals surface area contributed by atoms with Gasteiger partial charge in [0.2, 0.25) is 0 Å². The van der Waals surface area contributed by atoms with E-state index in [9.17, 15) is 5.11 Å². The van der Waals surface area contributed by atoms with Crippen LogP contribution in [0.4, 0.5) is 5.82 Å². The van der Waals surface area contributed by atoms with Gasteiger partial charge >= 0.3 is 0 Å². The first-order valence-electron chi connectivity index (χ1n) is 6.70. The Labute approximate surface area is 115 Å². The van der Waals surface area contributed by atoms with Crippen molar-refractivity contribution in [2.45, 2.75) is 26.4 Å². The molecule has 0 saturated carbocycles. The molecule has 0 aliphatic heterocycles. The van der Waals surface area contributed by atoms with Crippen LogP contribution >= 0.6 is 0 Å². The largest absolute Gasteiger partial charge is 0.392 e. The van der Waals surface area contributed by atoms with Gasteiger partial charge in [-0.1, -0.05) is 19.4 Å². The molecule has 1 N–H and O–H groups in total. The van der Waals surface area contributed by atoms with Crippen LogP contribution in [0.5, 0.6) is 0 Å². The van der Waals surface area contributed by atoms with Gasteiger partial charge in [-0.2, -0.15) is 0 Å². The van der Waals surface area contributed by atoms with E-state index in [1.54, 1.807) is 7.11 Å². The zero-order chi connectivity index (χ0) is 14.1. The van der Waals surface area contributed by atoms with Crippen molar-refractivity contribution < 1.29 is 9.84 Å². The summed E-state index contributed by atoms with van der Waals surface area (Å²) in [4.78, 5) is 6.76. The minimum absolute atomic E-state index is 0.0401. The summed E-state index contributed by atoms with van der Waals surface area (Å²) in [5, 5.41) is 9.35. The van der Waals surface area contributed by atoms with Crippen molar-refractivity contribution in [2.75, 3.05) is 31.7 Å². The molecule has 0 unspecified atom stereocenters. The van der Waals surface area contributed by atoms with Gasteiger partial charge in [-0.3, -0.25) is 0 Å². The quantitative estimate of drug-likeness (QED) is 0.694. The molecule has 1 aromatic heterocycles. The lowest BCUT2D eigenvalue weighted by Crippen LogP contribution is -2.28. The fourth-order valence-corrected chi connectivity index (χ4v) is 1.93. The van der Waals surface area contributed by atoms with E-state index in [1.807, 2.05) is 18.2 Å². The van der Waals surface area contributed by atoms with Crippen molar-refractivity contribution in [3.63, 3.8) is 0 Å². The topological polar surface area (TPSA) is 45.6 Å². The number of hydrogen-bond donors (Lipinski definition) is 1. The number of hydrogen-bond acceptors (Lipinski definition) is 4. The van der Waals surface area contributed by atoms with Crippen molar-refractivity contribution in [3.8, 4) is 0 Å². The van der Waals surface area contributed by atoms with Crippen LogP contribution in [0.1, 0.15) is 24.6 Å². The molecule has 0 aliphatic rings. The van der Waals surface area contributed by atoms with Crippen LogP contribution in [-0.4, -0.2) is 36.9 Å². The lowest BCUT2D eigenvalue weighted by atomic mass is 10.1. The molecule has 1 aromatic rings. The van der Waals surface area contributed by atoms with Gasteiger partial charge in [0.15, 0.2) is 0 Å². The van der Waals surface area contributed by atoms with E-state index in [0.29, 0.717) is 6.61 Å². The Hall–Kier alpha value is -1.39. The molecule has 0 aliphatic carbocycles. The summed E-state index contributed by atoms with van der Waals surface area (Å²) in [7, 11) is 1.69. The predicted molar refractivity (Wildman–Crippen MR) is 78.4 cm³/mol. The average Bonchev–Trinajstić information content (AvgIpc) is 2.43. The van der Waals surface area contributed by atoms with Crippen molar-refractivity contribution in [3.05, 3.63) is 36.0 Å². The molecule has 106 valence electrons. The van der Waals surface area contributed by atoms with Crippen LogP contribution in [0.2, 0.25) is 0 Å². The molecule has 4 heteroatoms. The van der Waals surface area contributed by atoms with Gasteiger partial charge in [0.25, 0.3) is 0 Å². The fourth-order valence-electron chi connectivity index (χ4n) is 1.93. The number of aromatic nitrogens is 1. The number of aryl methyl sites for hydroxylation is 1. The Morgan fingerprint density at radius 3 is 2.84 bits per heavy atom. The molecule has 1 heterocycles. The van der Waals surface area contributed by atoms with Crippen LogP contribution in [0.15, 0.2) is 24.8 Å². The van der Waals surface area contributed by atoms with E-state index in [0.717, 1.165) is 43.0 Å². The summed E-state index contributed by atoms with van der Waals surface area (Å²) in [6.07, 6.45) is 3.82. The van der Waals surface area contributed by atoms with E-state index in [4.69, 9.17) is 4.74 Å². The van der Waals surface area contributed by atoms with Gasteiger partial charge in [0.05, 0.1) is 13.2 Å². The summed E-state index contributed by atoms with van der Waals surface area (Å²) >= 11 is 0. The molecule has 0 aromatic carbocycles. The summed E-state index contributed by atoms with van der Waals surface area (Å²) in [6.45, 7) is 8.06. The third kappa shape index (κ3) is 5.01. The number of methoxy groups -OCH3 is 1. The van der Waals surface area contributed by atoms with Gasteiger partial charge in [0, 0.05) is 25.9 Å². The number of ether oxygens (including phenoxy) is 1. The molecule has 4 nitrogen and oxygen atoms in total. The third-order valence-electron chi connectivity index (χ3n) is 2.85. The van der Waals surface area contributed by atoms with Crippen LogP contribution in [0.3, 0.4) is 0 Å². The first-order valence-corrected chi connectivity index (χ1v) is 6.70. The molecule has 0 spiro atoms. The second-order valence-corrected chi connectivity index (χ2v) is 4.46. The van der Waals surface area contributed by atoms with E-state index in [1.165, 1.54) is 0 Å². The lowest BCUT2D eigenvalue weighted by Gasteiger charge is -2.23. The summed E-state index contributed by atoms with van der Waals surface area (Å²) < 4.78 is 5.12. The number of aliphatic hydroxyl groups excluding tert-OH is 1. The third-order valence-corrected chi connectivity index (χ3v) is 2.85. The normalized spacial score (nSPS) is 10.5. The number of nitrogens with zero attached hydrogens (tertiary/aromatic N) is 2. The molecule has 19 heavy (non-hydrogen) atoms.